The molecule has 0 amide bonds. The van der Waals surface area contributed by atoms with Gasteiger partial charge < -0.3 is 33.2 Å². The number of rotatable bonds is 27. The van der Waals surface area contributed by atoms with Crippen molar-refractivity contribution in [1.82, 2.24) is 4.98 Å². The van der Waals surface area contributed by atoms with E-state index < -0.39 is 29.8 Å². The Kier molecular flexibility index (Phi) is 19.4. The number of benzene rings is 5. The number of hydrogen-bond acceptors (Lipinski definition) is 16. The molecule has 6 rings (SSSR count). The summed E-state index contributed by atoms with van der Waals surface area (Å²) in [5, 5.41) is 5.56. The number of ether oxygens (including phenoxy) is 7. The Morgan fingerprint density at radius 2 is 1.17 bits per heavy atom. The molecule has 362 valence electrons. The number of fused-ring (bicyclic) bond motifs is 2. The number of nitrogens with one attached hydrogen (secondary N) is 1. The average Bonchev–Trinajstić information content (AvgIpc) is 3.79. The molecule has 70 heavy (non-hydrogen) atoms. The molecule has 0 radical (unpaired) electrons. The number of hydrazone groups is 1. The Morgan fingerprint density at radius 1 is 0.629 bits per heavy atom. The summed E-state index contributed by atoms with van der Waals surface area (Å²) in [6.45, 7) is 13.6. The number of unbranched alkanes of at least 4 members (excludes halogenated alkanes) is 6. The van der Waals surface area contributed by atoms with Crippen LogP contribution < -0.4 is 29.1 Å². The molecule has 0 atom stereocenters. The molecule has 0 aliphatic heterocycles. The van der Waals surface area contributed by atoms with E-state index in [-0.39, 0.29) is 44.9 Å². The van der Waals surface area contributed by atoms with Crippen molar-refractivity contribution in [1.29, 1.82) is 0 Å². The summed E-state index contributed by atoms with van der Waals surface area (Å²) in [6.07, 6.45) is 10.3. The van der Waals surface area contributed by atoms with Crippen molar-refractivity contribution in [2.45, 2.75) is 58.3 Å². The third kappa shape index (κ3) is 15.5. The van der Waals surface area contributed by atoms with E-state index in [1.165, 1.54) is 42.7 Å². The standard InChI is InChI=1S/C54H53N3O12S/c1-5-48(58)65-31-15-9-7-13-29-63-40-23-19-37(20-24-40)52(61)68-46-33-39(35-55-57-54-56-45-17-11-12-18-47(45)70-54)50(43-28-27-42(34-44(43)46)67-51(60)36(3)4)69-53(62)38-21-25-41(26-22-38)64-30-14-8-10-16-32-66-49(59)6-2/h5-6,11-12,17-28,33-35H,1-3,7-10,13-16,29-32H2,4H3,(H,56,57)/b55-35+. The second-order valence-electron chi connectivity index (χ2n) is 15.6. The minimum Gasteiger partial charge on any atom is -0.494 e. The number of carbonyl (C=O) groups excluding carboxylic acids is 5. The number of esters is 5. The Morgan fingerprint density at radius 3 is 1.73 bits per heavy atom. The van der Waals surface area contributed by atoms with E-state index in [4.69, 9.17) is 33.2 Å². The number of thiazole rings is 1. The summed E-state index contributed by atoms with van der Waals surface area (Å²) < 4.78 is 40.5. The van der Waals surface area contributed by atoms with Crippen molar-refractivity contribution in [3.63, 3.8) is 0 Å². The van der Waals surface area contributed by atoms with E-state index in [2.05, 4.69) is 35.2 Å². The molecule has 15 nitrogen and oxygen atoms in total. The topological polar surface area (TPSA) is 187 Å². The Bertz CT molecular complexity index is 2820. The molecule has 0 unspecified atom stereocenters. The van der Waals surface area contributed by atoms with Crippen LogP contribution in [0.1, 0.15) is 84.6 Å². The molecular formula is C54H53N3O12S. The third-order valence-electron chi connectivity index (χ3n) is 10.3. The van der Waals surface area contributed by atoms with Crippen LogP contribution in [0.4, 0.5) is 5.13 Å². The van der Waals surface area contributed by atoms with Crippen LogP contribution in [0.25, 0.3) is 21.0 Å². The van der Waals surface area contributed by atoms with E-state index in [0.29, 0.717) is 48.4 Å². The number of nitrogens with zero attached hydrogens (tertiary/aromatic N) is 2. The van der Waals surface area contributed by atoms with Crippen molar-refractivity contribution in [3.8, 4) is 28.7 Å². The van der Waals surface area contributed by atoms with Gasteiger partial charge in [-0.15, -0.1) is 0 Å². The van der Waals surface area contributed by atoms with Crippen molar-refractivity contribution in [3.05, 3.63) is 151 Å². The van der Waals surface area contributed by atoms with E-state index in [1.807, 2.05) is 24.3 Å². The lowest BCUT2D eigenvalue weighted by Gasteiger charge is -2.16. The largest absolute Gasteiger partial charge is 0.494 e. The van der Waals surface area contributed by atoms with Crippen LogP contribution in [0.2, 0.25) is 0 Å². The molecule has 0 bridgehead atoms. The molecule has 1 heterocycles. The zero-order chi connectivity index (χ0) is 49.7. The van der Waals surface area contributed by atoms with Gasteiger partial charge in [0.05, 0.1) is 54.0 Å². The van der Waals surface area contributed by atoms with E-state index in [1.54, 1.807) is 54.6 Å². The molecule has 0 aliphatic carbocycles. The van der Waals surface area contributed by atoms with Crippen molar-refractivity contribution < 1.29 is 57.1 Å². The highest BCUT2D eigenvalue weighted by Gasteiger charge is 2.22. The zero-order valence-corrected chi connectivity index (χ0v) is 39.6. The van der Waals surface area contributed by atoms with Crippen molar-refractivity contribution in [2.75, 3.05) is 31.9 Å². The molecule has 0 saturated heterocycles. The van der Waals surface area contributed by atoms with Gasteiger partial charge in [0.15, 0.2) is 0 Å². The fraction of sp³-hybridized carbons (Fsp3) is 0.241. The molecule has 0 aliphatic rings. The van der Waals surface area contributed by atoms with Gasteiger partial charge in [-0.2, -0.15) is 5.10 Å². The summed E-state index contributed by atoms with van der Waals surface area (Å²) in [4.78, 5) is 67.4. The summed E-state index contributed by atoms with van der Waals surface area (Å²) >= 11 is 1.40. The summed E-state index contributed by atoms with van der Waals surface area (Å²) in [5.74, 6) is -1.57. The van der Waals surface area contributed by atoms with Gasteiger partial charge in [0.1, 0.15) is 28.7 Å². The maximum Gasteiger partial charge on any atom is 0.343 e. The average molecular weight is 968 g/mol. The lowest BCUT2D eigenvalue weighted by molar-refractivity contribution is -0.138. The Labute approximate surface area is 409 Å². The number of hydrogen-bond donors (Lipinski definition) is 1. The SMILES string of the molecule is C=CC(=O)OCCCCCCOc1ccc(C(=O)Oc2cc(/C=N/Nc3nc4ccccc4s3)c(OC(=O)c3ccc(OCCCCCCOC(=O)C=C)cc3)c3ccc(OC(=O)C(=C)C)cc23)cc1. The maximum absolute atomic E-state index is 13.9. The highest BCUT2D eigenvalue weighted by molar-refractivity contribution is 7.22. The normalized spacial score (nSPS) is 10.9. The minimum absolute atomic E-state index is 0.0478. The number of para-hydroxylation sites is 1. The van der Waals surface area contributed by atoms with Crippen LogP contribution in [-0.2, 0) is 23.9 Å². The predicted molar refractivity (Wildman–Crippen MR) is 268 cm³/mol. The molecule has 0 fully saturated rings. The minimum atomic E-state index is -0.705. The van der Waals surface area contributed by atoms with Gasteiger partial charge in [0, 0.05) is 34.1 Å². The van der Waals surface area contributed by atoms with Gasteiger partial charge in [-0.1, -0.05) is 43.2 Å². The molecule has 1 N–H and O–H groups in total. The predicted octanol–water partition coefficient (Wildman–Crippen LogP) is 11.2. The van der Waals surface area contributed by atoms with E-state index >= 15 is 0 Å². The molecule has 6 aromatic rings. The summed E-state index contributed by atoms with van der Waals surface area (Å²) in [6, 6.07) is 26.8. The van der Waals surface area contributed by atoms with E-state index in [0.717, 1.165) is 73.7 Å². The third-order valence-corrected chi connectivity index (χ3v) is 11.2. The first-order valence-corrected chi connectivity index (χ1v) is 23.4. The van der Waals surface area contributed by atoms with Crippen LogP contribution in [0.5, 0.6) is 28.7 Å². The fourth-order valence-electron chi connectivity index (χ4n) is 6.64. The molecule has 0 saturated carbocycles. The zero-order valence-electron chi connectivity index (χ0n) is 38.8. The van der Waals surface area contributed by atoms with Crippen LogP contribution >= 0.6 is 11.3 Å². The molecule has 1 aromatic heterocycles. The molecule has 0 spiro atoms. The van der Waals surface area contributed by atoms with Crippen LogP contribution in [0.15, 0.2) is 140 Å². The highest BCUT2D eigenvalue weighted by Crippen LogP contribution is 2.40. The second-order valence-corrected chi connectivity index (χ2v) is 16.7. The van der Waals surface area contributed by atoms with Crippen LogP contribution in [-0.4, -0.2) is 67.5 Å². The van der Waals surface area contributed by atoms with Crippen LogP contribution in [0.3, 0.4) is 0 Å². The van der Waals surface area contributed by atoms with Gasteiger partial charge in [-0.3, -0.25) is 5.43 Å². The quantitative estimate of drug-likeness (QED) is 0.0128. The number of carbonyl (C=O) groups is 5. The molecular weight excluding hydrogens is 915 g/mol. The Hall–Kier alpha value is -8.11. The molecule has 5 aromatic carbocycles. The lowest BCUT2D eigenvalue weighted by Crippen LogP contribution is -2.13. The number of anilines is 1. The lowest BCUT2D eigenvalue weighted by atomic mass is 10.0. The first-order chi connectivity index (χ1) is 34.0. The number of aromatic nitrogens is 1. The van der Waals surface area contributed by atoms with Gasteiger partial charge in [-0.25, -0.2) is 29.0 Å². The molecule has 16 heteroatoms. The first kappa shape index (κ1) is 51.3. The summed E-state index contributed by atoms with van der Waals surface area (Å²) in [5.41, 5.74) is 4.61. The van der Waals surface area contributed by atoms with Crippen molar-refractivity contribution >= 4 is 73.5 Å². The van der Waals surface area contributed by atoms with Crippen LogP contribution in [0, 0.1) is 0 Å². The maximum atomic E-state index is 13.9. The van der Waals surface area contributed by atoms with Gasteiger partial charge >= 0.3 is 29.8 Å². The van der Waals surface area contributed by atoms with E-state index in [9.17, 15) is 24.0 Å². The summed E-state index contributed by atoms with van der Waals surface area (Å²) in [7, 11) is 0. The van der Waals surface area contributed by atoms with Crippen molar-refractivity contribution in [2.24, 2.45) is 5.10 Å². The van der Waals surface area contributed by atoms with Gasteiger partial charge in [0.25, 0.3) is 0 Å². The highest BCUT2D eigenvalue weighted by atomic mass is 32.1. The monoisotopic (exact) mass is 967 g/mol. The fourth-order valence-corrected chi connectivity index (χ4v) is 7.45. The second kappa shape index (κ2) is 26.4. The smallest absolute Gasteiger partial charge is 0.343 e. The Balaban J connectivity index is 1.21. The van der Waals surface area contributed by atoms with Gasteiger partial charge in [0.2, 0.25) is 5.13 Å². The van der Waals surface area contributed by atoms with Gasteiger partial charge in [-0.05, 0) is 143 Å². The first-order valence-electron chi connectivity index (χ1n) is 22.6.